The van der Waals surface area contributed by atoms with Gasteiger partial charge in [0.25, 0.3) is 0 Å². The lowest BCUT2D eigenvalue weighted by atomic mass is 10.0. The quantitative estimate of drug-likeness (QED) is 0.0450. The van der Waals surface area contributed by atoms with Crippen molar-refractivity contribution < 1.29 is 9.53 Å². The highest BCUT2D eigenvalue weighted by atomic mass is 16.5. The highest BCUT2D eigenvalue weighted by Gasteiger charge is 2.03. The Morgan fingerprint density at radius 1 is 0.210 bits per heavy atom. The van der Waals surface area contributed by atoms with Gasteiger partial charge in [-0.25, -0.2) is 0 Å². The summed E-state index contributed by atoms with van der Waals surface area (Å²) < 4.78 is 5.52. The Morgan fingerprint density at radius 2 is 0.355 bits per heavy atom. The first-order valence-corrected chi connectivity index (χ1v) is 30.0. The van der Waals surface area contributed by atoms with Crippen LogP contribution in [0.2, 0.25) is 0 Å². The smallest absolute Gasteiger partial charge is 0.305 e. The summed E-state index contributed by atoms with van der Waals surface area (Å²) in [5.41, 5.74) is 0. The van der Waals surface area contributed by atoms with Crippen molar-refractivity contribution in [1.82, 2.24) is 0 Å². The van der Waals surface area contributed by atoms with Crippen molar-refractivity contribution in [1.29, 1.82) is 0 Å². The van der Waals surface area contributed by atoms with Crippen LogP contribution in [-0.2, 0) is 9.53 Å². The Labute approximate surface area is 394 Å². The predicted octanol–water partition coefficient (Wildman–Crippen LogP) is 22.4. The molecule has 0 spiro atoms. The van der Waals surface area contributed by atoms with E-state index in [1.165, 1.54) is 340 Å². The number of rotatable bonds is 57. The summed E-state index contributed by atoms with van der Waals surface area (Å²) in [7, 11) is 0. The van der Waals surface area contributed by atoms with Gasteiger partial charge < -0.3 is 4.74 Å². The molecule has 0 unspecified atom stereocenters. The zero-order chi connectivity index (χ0) is 44.6. The van der Waals surface area contributed by atoms with Crippen LogP contribution in [0, 0.1) is 0 Å². The van der Waals surface area contributed by atoms with Crippen LogP contribution in [0.1, 0.15) is 373 Å². The lowest BCUT2D eigenvalue weighted by Crippen LogP contribution is -2.05. The Bertz CT molecular complexity index is 777. The number of hydrogen-bond acceptors (Lipinski definition) is 2. The van der Waals surface area contributed by atoms with Gasteiger partial charge >= 0.3 is 5.97 Å². The van der Waals surface area contributed by atoms with Crippen LogP contribution in [0.15, 0.2) is 0 Å². The lowest BCUT2D eigenvalue weighted by Gasteiger charge is -2.06. The number of unbranched alkanes of at least 4 members (excludes halogenated alkanes) is 53. The largest absolute Gasteiger partial charge is 0.466 e. The molecule has 0 aromatic heterocycles. The normalized spacial score (nSPS) is 11.6. The zero-order valence-corrected chi connectivity index (χ0v) is 43.6. The second-order valence-corrected chi connectivity index (χ2v) is 20.7. The Balaban J connectivity index is 3.14. The summed E-state index contributed by atoms with van der Waals surface area (Å²) in [6, 6.07) is 0. The summed E-state index contributed by atoms with van der Waals surface area (Å²) in [4.78, 5) is 12.1. The molecular weight excluding hydrogens is 753 g/mol. The fourth-order valence-electron chi connectivity index (χ4n) is 9.79. The highest BCUT2D eigenvalue weighted by molar-refractivity contribution is 5.69. The third kappa shape index (κ3) is 57.5. The number of carbonyl (C=O) groups excluding carboxylic acids is 1. The van der Waals surface area contributed by atoms with Crippen LogP contribution in [0.5, 0.6) is 0 Å². The maximum Gasteiger partial charge on any atom is 0.305 e. The van der Waals surface area contributed by atoms with Gasteiger partial charge in [0.1, 0.15) is 0 Å². The van der Waals surface area contributed by atoms with Crippen molar-refractivity contribution in [2.24, 2.45) is 0 Å². The van der Waals surface area contributed by atoms with E-state index in [1.807, 2.05) is 0 Å². The van der Waals surface area contributed by atoms with E-state index in [0.29, 0.717) is 13.0 Å². The zero-order valence-electron chi connectivity index (χ0n) is 43.6. The van der Waals surface area contributed by atoms with E-state index in [-0.39, 0.29) is 5.97 Å². The van der Waals surface area contributed by atoms with Gasteiger partial charge in [-0.1, -0.05) is 354 Å². The summed E-state index contributed by atoms with van der Waals surface area (Å²) in [5, 5.41) is 0. The molecule has 0 aromatic rings. The van der Waals surface area contributed by atoms with E-state index in [4.69, 9.17) is 4.74 Å². The van der Waals surface area contributed by atoms with E-state index < -0.39 is 0 Å². The standard InChI is InChI=1S/C60H120O2/c1-3-5-7-9-11-13-15-17-19-21-23-25-27-29-31-33-35-37-39-41-43-45-47-49-51-53-55-57-59-62-60(61)58-56-54-52-50-48-46-44-42-40-38-36-34-32-30-28-26-24-22-20-18-16-14-12-10-8-6-4-2/h3-59H2,1-2H3. The van der Waals surface area contributed by atoms with E-state index in [2.05, 4.69) is 13.8 Å². The lowest BCUT2D eigenvalue weighted by molar-refractivity contribution is -0.143. The van der Waals surface area contributed by atoms with Crippen molar-refractivity contribution in [3.8, 4) is 0 Å². The van der Waals surface area contributed by atoms with Crippen molar-refractivity contribution in [3.05, 3.63) is 0 Å². The van der Waals surface area contributed by atoms with Crippen LogP contribution in [0.25, 0.3) is 0 Å². The molecule has 372 valence electrons. The first-order valence-electron chi connectivity index (χ1n) is 30.0. The molecule has 0 fully saturated rings. The topological polar surface area (TPSA) is 26.3 Å². The molecule has 0 bridgehead atoms. The number of hydrogen-bond donors (Lipinski definition) is 0. The SMILES string of the molecule is CCCCCCCCCCCCCCCCCCCCCCCCCCCCCCOC(=O)CCCCCCCCCCCCCCCCCCCCCCCCCCCCC. The molecule has 62 heavy (non-hydrogen) atoms. The van der Waals surface area contributed by atoms with Gasteiger partial charge in [-0.05, 0) is 12.8 Å². The number of esters is 1. The minimum absolute atomic E-state index is 0.0367. The van der Waals surface area contributed by atoms with E-state index in [9.17, 15) is 4.79 Å². The molecule has 0 atom stereocenters. The van der Waals surface area contributed by atoms with Gasteiger partial charge in [-0.3, -0.25) is 4.79 Å². The first-order chi connectivity index (χ1) is 30.8. The van der Waals surface area contributed by atoms with Crippen molar-refractivity contribution in [3.63, 3.8) is 0 Å². The van der Waals surface area contributed by atoms with Crippen molar-refractivity contribution >= 4 is 5.97 Å². The van der Waals surface area contributed by atoms with Crippen LogP contribution in [0.4, 0.5) is 0 Å². The first kappa shape index (κ1) is 61.5. The van der Waals surface area contributed by atoms with Gasteiger partial charge in [0.2, 0.25) is 0 Å². The molecule has 0 heterocycles. The monoisotopic (exact) mass is 873 g/mol. The minimum atomic E-state index is 0.0367. The summed E-state index contributed by atoms with van der Waals surface area (Å²) >= 11 is 0. The molecule has 0 aliphatic rings. The fourth-order valence-corrected chi connectivity index (χ4v) is 9.79. The predicted molar refractivity (Wildman–Crippen MR) is 281 cm³/mol. The molecule has 0 amide bonds. The van der Waals surface area contributed by atoms with Gasteiger partial charge in [0.05, 0.1) is 6.61 Å². The van der Waals surface area contributed by atoms with E-state index >= 15 is 0 Å². The average Bonchev–Trinajstić information content (AvgIpc) is 3.28. The Morgan fingerprint density at radius 3 is 0.532 bits per heavy atom. The van der Waals surface area contributed by atoms with Crippen molar-refractivity contribution in [2.75, 3.05) is 6.61 Å². The second-order valence-electron chi connectivity index (χ2n) is 20.7. The summed E-state index contributed by atoms with van der Waals surface area (Å²) in [5.74, 6) is 0.0367. The molecule has 0 rings (SSSR count). The second kappa shape index (κ2) is 58.5. The molecule has 0 saturated carbocycles. The van der Waals surface area contributed by atoms with Gasteiger partial charge in [0.15, 0.2) is 0 Å². The van der Waals surface area contributed by atoms with E-state index in [0.717, 1.165) is 12.8 Å². The molecule has 0 aliphatic carbocycles. The fraction of sp³-hybridized carbons (Fsp3) is 0.983. The molecule has 0 aliphatic heterocycles. The summed E-state index contributed by atoms with van der Waals surface area (Å²) in [6.45, 7) is 5.25. The highest BCUT2D eigenvalue weighted by Crippen LogP contribution is 2.19. The molecule has 0 aromatic carbocycles. The Hall–Kier alpha value is -0.530. The molecule has 0 N–H and O–H groups in total. The van der Waals surface area contributed by atoms with Crippen LogP contribution in [0.3, 0.4) is 0 Å². The van der Waals surface area contributed by atoms with Gasteiger partial charge in [-0.2, -0.15) is 0 Å². The summed E-state index contributed by atoms with van der Waals surface area (Å²) in [6.07, 6.45) is 78.7. The van der Waals surface area contributed by atoms with Crippen LogP contribution < -0.4 is 0 Å². The van der Waals surface area contributed by atoms with Crippen LogP contribution in [-0.4, -0.2) is 12.6 Å². The maximum absolute atomic E-state index is 12.1. The third-order valence-electron chi connectivity index (χ3n) is 14.2. The average molecular weight is 874 g/mol. The molecular formula is C60H120O2. The van der Waals surface area contributed by atoms with E-state index in [1.54, 1.807) is 0 Å². The molecule has 0 radical (unpaired) electrons. The van der Waals surface area contributed by atoms with Crippen LogP contribution >= 0.6 is 0 Å². The van der Waals surface area contributed by atoms with Crippen molar-refractivity contribution in [2.45, 2.75) is 373 Å². The number of carbonyl (C=O) groups is 1. The minimum Gasteiger partial charge on any atom is -0.466 e. The maximum atomic E-state index is 12.1. The molecule has 0 saturated heterocycles. The molecule has 2 heteroatoms. The number of ether oxygens (including phenoxy) is 1. The third-order valence-corrected chi connectivity index (χ3v) is 14.2. The van der Waals surface area contributed by atoms with Gasteiger partial charge in [-0.15, -0.1) is 0 Å². The molecule has 2 nitrogen and oxygen atoms in total. The Kier molecular flexibility index (Phi) is 58.0. The van der Waals surface area contributed by atoms with Gasteiger partial charge in [0, 0.05) is 6.42 Å².